The lowest BCUT2D eigenvalue weighted by Gasteiger charge is -2.22. The number of aliphatic hydroxyl groups excluding tert-OH is 1. The molecule has 1 aliphatic rings. The lowest BCUT2D eigenvalue weighted by atomic mass is 10.2. The molecule has 9 nitrogen and oxygen atoms in total. The summed E-state index contributed by atoms with van der Waals surface area (Å²) in [5.74, 6) is -0.662. The van der Waals surface area contributed by atoms with Crippen LogP contribution in [0.25, 0.3) is 0 Å². The quantitative estimate of drug-likeness (QED) is 0.599. The number of hydrogen-bond donors (Lipinski definition) is 3. The molecule has 0 aromatic carbocycles. The molecule has 118 valence electrons. The third-order valence-corrected chi connectivity index (χ3v) is 3.73. The van der Waals surface area contributed by atoms with Crippen molar-refractivity contribution >= 4 is 7.82 Å². The van der Waals surface area contributed by atoms with Crippen LogP contribution in [0.5, 0.6) is 5.75 Å². The number of aliphatic hydroxyl groups is 1. The van der Waals surface area contributed by atoms with Crippen LogP contribution in [0.2, 0.25) is 0 Å². The molecular weight excluding hydrogens is 305 g/mol. The van der Waals surface area contributed by atoms with E-state index in [0.717, 1.165) is 6.07 Å². The standard InChI is InChI=1S/C11H16NO8P/c1-6-11(15)7(13)2-3-12(6)10-4-8(14)9(20-10)5-19-21(16,17)18/h2-3,8-10,14-15H,4-5H2,1H3,(H2,16,17,18)/p-1/t8-,9+,10+/m0/s1. The predicted octanol–water partition coefficient (Wildman–Crippen LogP) is -1.01. The van der Waals surface area contributed by atoms with Crippen molar-refractivity contribution < 1.29 is 33.8 Å². The van der Waals surface area contributed by atoms with E-state index in [4.69, 9.17) is 14.5 Å². The fourth-order valence-electron chi connectivity index (χ4n) is 2.15. The minimum Gasteiger partial charge on any atom is -0.869 e. The Bertz CT molecular complexity index is 623. The van der Waals surface area contributed by atoms with Gasteiger partial charge in [-0.3, -0.25) is 9.32 Å². The summed E-state index contributed by atoms with van der Waals surface area (Å²) in [5.41, 5.74) is -0.472. The number of ether oxygens (including phenoxy) is 1. The molecule has 3 atom stereocenters. The van der Waals surface area contributed by atoms with Gasteiger partial charge in [-0.1, -0.05) is 0 Å². The summed E-state index contributed by atoms with van der Waals surface area (Å²) in [6.45, 7) is 0.977. The van der Waals surface area contributed by atoms with Crippen molar-refractivity contribution in [1.82, 2.24) is 4.57 Å². The summed E-state index contributed by atoms with van der Waals surface area (Å²) >= 11 is 0. The van der Waals surface area contributed by atoms with Gasteiger partial charge in [0, 0.05) is 24.4 Å². The van der Waals surface area contributed by atoms with Crippen LogP contribution < -0.4 is 10.5 Å². The van der Waals surface area contributed by atoms with Crippen molar-refractivity contribution in [1.29, 1.82) is 0 Å². The van der Waals surface area contributed by atoms with E-state index >= 15 is 0 Å². The highest BCUT2D eigenvalue weighted by Crippen LogP contribution is 2.38. The highest BCUT2D eigenvalue weighted by atomic mass is 31.2. The van der Waals surface area contributed by atoms with E-state index in [-0.39, 0.29) is 12.1 Å². The molecule has 0 bridgehead atoms. The molecule has 1 aliphatic heterocycles. The Morgan fingerprint density at radius 3 is 2.86 bits per heavy atom. The molecule has 0 radical (unpaired) electrons. The molecule has 1 aromatic rings. The molecule has 0 saturated carbocycles. The first kappa shape index (κ1) is 16.2. The maximum Gasteiger partial charge on any atom is 0.469 e. The third kappa shape index (κ3) is 3.70. The normalized spacial score (nSPS) is 26.2. The van der Waals surface area contributed by atoms with E-state index in [1.165, 1.54) is 17.7 Å². The largest absolute Gasteiger partial charge is 0.869 e. The highest BCUT2D eigenvalue weighted by Gasteiger charge is 2.36. The zero-order valence-electron chi connectivity index (χ0n) is 11.1. The number of aromatic nitrogens is 1. The molecule has 3 N–H and O–H groups in total. The number of phosphoric ester groups is 1. The molecule has 1 saturated heterocycles. The second-order valence-corrected chi connectivity index (χ2v) is 5.96. The van der Waals surface area contributed by atoms with Crippen LogP contribution >= 0.6 is 7.82 Å². The topological polar surface area (TPSA) is 141 Å². The SMILES string of the molecule is Cc1c([O-])c(=O)ccn1[C@H]1C[C@H](O)[C@@H](COP(=O)(O)O)O1. The number of rotatable bonds is 4. The average Bonchev–Trinajstić information content (AvgIpc) is 2.74. The Balaban J connectivity index is 2.12. The Hall–Kier alpha value is -1.22. The van der Waals surface area contributed by atoms with Crippen LogP contribution in [0.15, 0.2) is 17.1 Å². The molecule has 10 heteroatoms. The maximum atomic E-state index is 11.6. The number of phosphoric acid groups is 1. The first-order valence-corrected chi connectivity index (χ1v) is 7.64. The second-order valence-electron chi connectivity index (χ2n) is 4.72. The van der Waals surface area contributed by atoms with Crippen molar-refractivity contribution in [2.24, 2.45) is 0 Å². The fourth-order valence-corrected chi connectivity index (χ4v) is 2.49. The van der Waals surface area contributed by atoms with Gasteiger partial charge in [0.1, 0.15) is 12.3 Å². The summed E-state index contributed by atoms with van der Waals surface area (Å²) < 4.78 is 21.8. The van der Waals surface area contributed by atoms with E-state index in [2.05, 4.69) is 4.52 Å². The summed E-state index contributed by atoms with van der Waals surface area (Å²) in [5, 5.41) is 21.4. The fraction of sp³-hybridized carbons (Fsp3) is 0.545. The lowest BCUT2D eigenvalue weighted by Crippen LogP contribution is -2.26. The Morgan fingerprint density at radius 1 is 1.57 bits per heavy atom. The van der Waals surface area contributed by atoms with Gasteiger partial charge in [-0.2, -0.15) is 0 Å². The van der Waals surface area contributed by atoms with Gasteiger partial charge < -0.3 is 29.3 Å². The Kier molecular flexibility index (Phi) is 4.52. The van der Waals surface area contributed by atoms with Crippen molar-refractivity contribution in [3.05, 3.63) is 28.2 Å². The average molecular weight is 320 g/mol. The lowest BCUT2D eigenvalue weighted by molar-refractivity contribution is -0.271. The molecule has 1 fully saturated rings. The molecule has 0 unspecified atom stereocenters. The maximum absolute atomic E-state index is 11.6. The zero-order chi connectivity index (χ0) is 15.8. The number of hydrogen-bond acceptors (Lipinski definition) is 6. The van der Waals surface area contributed by atoms with Crippen LogP contribution in [0, 0.1) is 6.92 Å². The van der Waals surface area contributed by atoms with Gasteiger partial charge in [-0.05, 0) is 12.7 Å². The number of pyridine rings is 1. The van der Waals surface area contributed by atoms with Crippen LogP contribution in [-0.4, -0.2) is 38.3 Å². The van der Waals surface area contributed by atoms with E-state index < -0.39 is 44.0 Å². The summed E-state index contributed by atoms with van der Waals surface area (Å²) in [6, 6.07) is 1.10. The summed E-state index contributed by atoms with van der Waals surface area (Å²) in [7, 11) is -4.65. The molecule has 2 rings (SSSR count). The summed E-state index contributed by atoms with van der Waals surface area (Å²) in [6.07, 6.45) is -1.16. The van der Waals surface area contributed by atoms with Gasteiger partial charge in [0.05, 0.1) is 12.7 Å². The molecule has 1 aromatic heterocycles. The van der Waals surface area contributed by atoms with Gasteiger partial charge in [-0.25, -0.2) is 4.57 Å². The van der Waals surface area contributed by atoms with Gasteiger partial charge >= 0.3 is 7.82 Å². The van der Waals surface area contributed by atoms with Crippen molar-refractivity contribution in [3.63, 3.8) is 0 Å². The smallest absolute Gasteiger partial charge is 0.469 e. The molecule has 2 heterocycles. The van der Waals surface area contributed by atoms with Crippen molar-refractivity contribution in [3.8, 4) is 5.75 Å². The van der Waals surface area contributed by atoms with E-state index in [9.17, 15) is 19.6 Å². The zero-order valence-corrected chi connectivity index (χ0v) is 12.0. The van der Waals surface area contributed by atoms with E-state index in [0.29, 0.717) is 0 Å². The Morgan fingerprint density at radius 2 is 2.24 bits per heavy atom. The van der Waals surface area contributed by atoms with E-state index in [1.54, 1.807) is 0 Å². The predicted molar refractivity (Wildman–Crippen MR) is 67.4 cm³/mol. The Labute approximate surface area is 119 Å². The molecular formula is C11H15NO8P-. The monoisotopic (exact) mass is 320 g/mol. The first-order valence-electron chi connectivity index (χ1n) is 6.11. The van der Waals surface area contributed by atoms with Gasteiger partial charge in [0.25, 0.3) is 0 Å². The second kappa shape index (κ2) is 5.88. The van der Waals surface area contributed by atoms with Crippen molar-refractivity contribution in [2.75, 3.05) is 6.61 Å². The minimum absolute atomic E-state index is 0.109. The third-order valence-electron chi connectivity index (χ3n) is 3.25. The molecule has 0 aliphatic carbocycles. The number of nitrogens with zero attached hydrogens (tertiary/aromatic N) is 1. The molecule has 0 amide bonds. The van der Waals surface area contributed by atoms with Gasteiger partial charge in [0.2, 0.25) is 0 Å². The van der Waals surface area contributed by atoms with Crippen LogP contribution in [0.3, 0.4) is 0 Å². The van der Waals surface area contributed by atoms with Gasteiger partial charge in [0.15, 0.2) is 5.43 Å². The summed E-state index contributed by atoms with van der Waals surface area (Å²) in [4.78, 5) is 28.5. The molecule has 21 heavy (non-hydrogen) atoms. The van der Waals surface area contributed by atoms with E-state index in [1.807, 2.05) is 0 Å². The first-order chi connectivity index (χ1) is 9.69. The van der Waals surface area contributed by atoms with Crippen molar-refractivity contribution in [2.45, 2.75) is 31.8 Å². The molecule has 0 spiro atoms. The van der Waals surface area contributed by atoms with Gasteiger partial charge in [-0.15, -0.1) is 0 Å². The highest BCUT2D eigenvalue weighted by molar-refractivity contribution is 7.46. The van der Waals surface area contributed by atoms with Crippen LogP contribution in [-0.2, 0) is 13.8 Å². The van der Waals surface area contributed by atoms with Crippen LogP contribution in [0.1, 0.15) is 18.3 Å². The minimum atomic E-state index is -4.65. The van der Waals surface area contributed by atoms with Crippen LogP contribution in [0.4, 0.5) is 0 Å².